The fraction of sp³-hybridized carbons (Fsp3) is 0.917. The van der Waals surface area contributed by atoms with E-state index in [0.717, 1.165) is 19.6 Å². The Morgan fingerprint density at radius 1 is 1.35 bits per heavy atom. The molecule has 0 aliphatic carbocycles. The van der Waals surface area contributed by atoms with E-state index in [4.69, 9.17) is 9.47 Å². The average Bonchev–Trinajstić information content (AvgIpc) is 2.26. The maximum Gasteiger partial charge on any atom is 0.323 e. The molecule has 2 heterocycles. The molecule has 2 aliphatic heterocycles. The average molecular weight is 242 g/mol. The van der Waals surface area contributed by atoms with Crippen LogP contribution in [0.3, 0.4) is 0 Å². The molecule has 2 aliphatic rings. The van der Waals surface area contributed by atoms with Gasteiger partial charge in [-0.15, -0.1) is 0 Å². The first-order valence-electron chi connectivity index (χ1n) is 6.27. The number of hydrogen-bond donors (Lipinski definition) is 2. The Balaban J connectivity index is 1.89. The maximum atomic E-state index is 11.9. The van der Waals surface area contributed by atoms with Gasteiger partial charge in [-0.25, -0.2) is 0 Å². The summed E-state index contributed by atoms with van der Waals surface area (Å²) < 4.78 is 11.0. The van der Waals surface area contributed by atoms with Crippen molar-refractivity contribution in [1.29, 1.82) is 0 Å². The highest BCUT2D eigenvalue weighted by Crippen LogP contribution is 2.18. The van der Waals surface area contributed by atoms with Crippen molar-refractivity contribution in [3.63, 3.8) is 0 Å². The highest BCUT2D eigenvalue weighted by Gasteiger charge is 2.37. The van der Waals surface area contributed by atoms with E-state index in [1.807, 2.05) is 20.8 Å². The number of morpholine rings is 1. The first kappa shape index (κ1) is 12.8. The van der Waals surface area contributed by atoms with Crippen LogP contribution >= 0.6 is 0 Å². The molecule has 2 saturated heterocycles. The third kappa shape index (κ3) is 3.40. The predicted molar refractivity (Wildman–Crippen MR) is 63.8 cm³/mol. The van der Waals surface area contributed by atoms with Gasteiger partial charge in [0.05, 0.1) is 12.7 Å². The van der Waals surface area contributed by atoms with E-state index in [9.17, 15) is 4.79 Å². The molecule has 0 aromatic rings. The van der Waals surface area contributed by atoms with Gasteiger partial charge in [0.25, 0.3) is 0 Å². The molecule has 3 atom stereocenters. The molecule has 0 bridgehead atoms. The lowest BCUT2D eigenvalue weighted by molar-refractivity contribution is -0.159. The van der Waals surface area contributed by atoms with Gasteiger partial charge in [0, 0.05) is 19.1 Å². The van der Waals surface area contributed by atoms with Crippen molar-refractivity contribution in [3.05, 3.63) is 0 Å². The lowest BCUT2D eigenvalue weighted by Crippen LogP contribution is -2.61. The maximum absolute atomic E-state index is 11.9. The zero-order valence-corrected chi connectivity index (χ0v) is 10.8. The Morgan fingerprint density at radius 3 is 2.82 bits per heavy atom. The summed E-state index contributed by atoms with van der Waals surface area (Å²) in [6.07, 6.45) is 0.919. The second-order valence-electron chi connectivity index (χ2n) is 5.70. The van der Waals surface area contributed by atoms with Crippen LogP contribution in [0.4, 0.5) is 0 Å². The lowest BCUT2D eigenvalue weighted by atomic mass is 9.95. The second kappa shape index (κ2) is 4.92. The second-order valence-corrected chi connectivity index (χ2v) is 5.70. The van der Waals surface area contributed by atoms with Crippen molar-refractivity contribution in [2.75, 3.05) is 19.7 Å². The van der Waals surface area contributed by atoms with E-state index in [0.29, 0.717) is 6.54 Å². The smallest absolute Gasteiger partial charge is 0.323 e. The molecule has 5 nitrogen and oxygen atoms in total. The van der Waals surface area contributed by atoms with Crippen molar-refractivity contribution < 1.29 is 14.3 Å². The topological polar surface area (TPSA) is 59.6 Å². The minimum Gasteiger partial charge on any atom is -0.459 e. The van der Waals surface area contributed by atoms with Crippen molar-refractivity contribution in [3.8, 4) is 0 Å². The Labute approximate surface area is 102 Å². The number of esters is 1. The van der Waals surface area contributed by atoms with E-state index < -0.39 is 5.60 Å². The quantitative estimate of drug-likeness (QED) is 0.636. The van der Waals surface area contributed by atoms with E-state index in [1.165, 1.54) is 0 Å². The minimum absolute atomic E-state index is 0.164. The summed E-state index contributed by atoms with van der Waals surface area (Å²) in [5.41, 5.74) is -0.424. The van der Waals surface area contributed by atoms with Crippen LogP contribution in [0.15, 0.2) is 0 Å². The van der Waals surface area contributed by atoms with E-state index >= 15 is 0 Å². The van der Waals surface area contributed by atoms with Crippen LogP contribution < -0.4 is 10.6 Å². The summed E-state index contributed by atoms with van der Waals surface area (Å²) in [5.74, 6) is -0.164. The van der Waals surface area contributed by atoms with E-state index in [-0.39, 0.29) is 24.2 Å². The van der Waals surface area contributed by atoms with Gasteiger partial charge in [-0.1, -0.05) is 0 Å². The molecule has 0 saturated carbocycles. The van der Waals surface area contributed by atoms with Crippen molar-refractivity contribution in [1.82, 2.24) is 10.6 Å². The Morgan fingerprint density at radius 2 is 2.12 bits per heavy atom. The SMILES string of the molecule is CC(C)(C)OC(=O)C1C[C@H]2NCCO[C@@H]2CN1. The summed E-state index contributed by atoms with van der Waals surface area (Å²) in [6.45, 7) is 7.99. The highest BCUT2D eigenvalue weighted by atomic mass is 16.6. The highest BCUT2D eigenvalue weighted by molar-refractivity contribution is 5.76. The van der Waals surface area contributed by atoms with Gasteiger partial charge in [-0.3, -0.25) is 4.79 Å². The number of carbonyl (C=O) groups excluding carboxylic acids is 1. The molecule has 0 aromatic heterocycles. The molecule has 2 N–H and O–H groups in total. The number of hydrogen-bond acceptors (Lipinski definition) is 5. The first-order chi connectivity index (χ1) is 7.96. The number of nitrogens with one attached hydrogen (secondary N) is 2. The largest absolute Gasteiger partial charge is 0.459 e. The van der Waals surface area contributed by atoms with Crippen LogP contribution in [0.5, 0.6) is 0 Å². The van der Waals surface area contributed by atoms with Gasteiger partial charge in [-0.05, 0) is 27.2 Å². The van der Waals surface area contributed by atoms with Crippen LogP contribution in [0.1, 0.15) is 27.2 Å². The normalized spacial score (nSPS) is 33.9. The van der Waals surface area contributed by atoms with Crippen LogP contribution in [-0.2, 0) is 14.3 Å². The monoisotopic (exact) mass is 242 g/mol. The molecule has 0 radical (unpaired) electrons. The van der Waals surface area contributed by atoms with Crippen LogP contribution in [0, 0.1) is 0 Å². The summed E-state index contributed by atoms with van der Waals surface area (Å²) in [6, 6.07) is 0.0483. The Bertz CT molecular complexity index is 288. The summed E-state index contributed by atoms with van der Waals surface area (Å²) in [4.78, 5) is 11.9. The number of carbonyl (C=O) groups is 1. The molecule has 0 spiro atoms. The summed E-state index contributed by atoms with van der Waals surface area (Å²) in [7, 11) is 0. The number of fused-ring (bicyclic) bond motifs is 1. The molecular formula is C12H22N2O3. The fourth-order valence-electron chi connectivity index (χ4n) is 2.29. The molecule has 1 unspecified atom stereocenters. The zero-order valence-electron chi connectivity index (χ0n) is 10.8. The molecule has 5 heteroatoms. The zero-order chi connectivity index (χ0) is 12.5. The van der Waals surface area contributed by atoms with Crippen LogP contribution in [-0.4, -0.2) is 49.5 Å². The van der Waals surface area contributed by atoms with Crippen LogP contribution in [0.25, 0.3) is 0 Å². The summed E-state index contributed by atoms with van der Waals surface area (Å²) >= 11 is 0. The molecule has 17 heavy (non-hydrogen) atoms. The molecular weight excluding hydrogens is 220 g/mol. The summed E-state index contributed by atoms with van der Waals surface area (Å²) in [5, 5.41) is 6.60. The van der Waals surface area contributed by atoms with E-state index in [2.05, 4.69) is 10.6 Å². The molecule has 0 amide bonds. The number of rotatable bonds is 1. The first-order valence-corrected chi connectivity index (χ1v) is 6.27. The molecule has 0 aromatic carbocycles. The van der Waals surface area contributed by atoms with Crippen molar-refractivity contribution in [2.24, 2.45) is 0 Å². The van der Waals surface area contributed by atoms with Gasteiger partial charge in [-0.2, -0.15) is 0 Å². The number of ether oxygens (including phenoxy) is 2. The Kier molecular flexibility index (Phi) is 3.70. The van der Waals surface area contributed by atoms with E-state index in [1.54, 1.807) is 0 Å². The third-order valence-corrected chi connectivity index (χ3v) is 3.04. The van der Waals surface area contributed by atoms with Gasteiger partial charge < -0.3 is 20.1 Å². The van der Waals surface area contributed by atoms with Gasteiger partial charge in [0.2, 0.25) is 0 Å². The van der Waals surface area contributed by atoms with Gasteiger partial charge in [0.15, 0.2) is 0 Å². The molecule has 98 valence electrons. The van der Waals surface area contributed by atoms with Gasteiger partial charge >= 0.3 is 5.97 Å². The standard InChI is InChI=1S/C12H22N2O3/c1-12(2,3)17-11(15)9-6-8-10(7-14-9)16-5-4-13-8/h8-10,13-14H,4-7H2,1-3H3/t8-,9?,10-/m1/s1. The fourth-order valence-corrected chi connectivity index (χ4v) is 2.29. The minimum atomic E-state index is -0.424. The predicted octanol–water partition coefficient (Wildman–Crippen LogP) is 0.0470. The Hall–Kier alpha value is -0.650. The van der Waals surface area contributed by atoms with Crippen molar-refractivity contribution in [2.45, 2.75) is 51.0 Å². The number of piperidine rings is 1. The molecule has 2 rings (SSSR count). The molecule has 2 fully saturated rings. The lowest BCUT2D eigenvalue weighted by Gasteiger charge is -2.40. The van der Waals surface area contributed by atoms with Crippen LogP contribution in [0.2, 0.25) is 0 Å². The van der Waals surface area contributed by atoms with Gasteiger partial charge in [0.1, 0.15) is 11.6 Å². The van der Waals surface area contributed by atoms with Crippen molar-refractivity contribution >= 4 is 5.97 Å². The third-order valence-electron chi connectivity index (χ3n) is 3.04.